The Bertz CT molecular complexity index is 826. The Morgan fingerprint density at radius 2 is 1.96 bits per heavy atom. The summed E-state index contributed by atoms with van der Waals surface area (Å²) in [5.74, 6) is 0. The van der Waals surface area contributed by atoms with Gasteiger partial charge in [-0.2, -0.15) is 4.31 Å². The summed E-state index contributed by atoms with van der Waals surface area (Å²) in [6.07, 6.45) is -1.67. The zero-order valence-corrected chi connectivity index (χ0v) is 14.3. The van der Waals surface area contributed by atoms with Crippen molar-refractivity contribution in [3.8, 4) is 0 Å². The Balaban J connectivity index is 2.32. The summed E-state index contributed by atoms with van der Waals surface area (Å²) in [5.41, 5.74) is -1.24. The molecule has 0 bridgehead atoms. The maximum atomic E-state index is 11.9. The average molecular weight is 386 g/mol. The van der Waals surface area contributed by atoms with Crippen molar-refractivity contribution in [1.29, 1.82) is 0 Å². The molecule has 4 N–H and O–H groups in total. The fourth-order valence-electron chi connectivity index (χ4n) is 2.26. The van der Waals surface area contributed by atoms with Gasteiger partial charge in [-0.15, -0.1) is 0 Å². The van der Waals surface area contributed by atoms with Crippen molar-refractivity contribution in [1.82, 2.24) is 9.55 Å². The number of H-pyrrole nitrogens is 1. The van der Waals surface area contributed by atoms with E-state index in [-0.39, 0.29) is 12.0 Å². The van der Waals surface area contributed by atoms with Gasteiger partial charge < -0.3 is 19.4 Å². The van der Waals surface area contributed by atoms with Gasteiger partial charge in [0.2, 0.25) is 0 Å². The molecule has 2 unspecified atom stereocenters. The number of rotatable bonds is 5. The summed E-state index contributed by atoms with van der Waals surface area (Å²) >= 11 is 0. The molecule has 1 saturated heterocycles. The Labute approximate surface area is 134 Å². The molecule has 0 spiro atoms. The Morgan fingerprint density at radius 1 is 1.33 bits per heavy atom. The second-order valence-corrected chi connectivity index (χ2v) is 8.02. The van der Waals surface area contributed by atoms with E-state index in [4.69, 9.17) is 19.0 Å². The monoisotopic (exact) mass is 386 g/mol. The lowest BCUT2D eigenvalue weighted by Gasteiger charge is -2.22. The van der Waals surface area contributed by atoms with Crippen LogP contribution in [0.2, 0.25) is 0 Å². The molecule has 14 heteroatoms. The molecular weight excluding hydrogens is 370 g/mol. The van der Waals surface area contributed by atoms with E-state index in [2.05, 4.69) is 4.31 Å². The normalized spacial score (nSPS) is 27.1. The highest BCUT2D eigenvalue weighted by molar-refractivity contribution is 7.60. The molecule has 24 heavy (non-hydrogen) atoms. The van der Waals surface area contributed by atoms with Crippen molar-refractivity contribution in [2.45, 2.75) is 38.7 Å². The number of nitrogens with one attached hydrogen (secondary N) is 1. The van der Waals surface area contributed by atoms with Crippen LogP contribution in [0.4, 0.5) is 0 Å². The van der Waals surface area contributed by atoms with Crippen LogP contribution in [0.15, 0.2) is 15.8 Å². The fourth-order valence-corrected chi connectivity index (χ4v) is 4.03. The molecule has 2 rings (SSSR count). The molecule has 2 heterocycles. The molecule has 0 saturated carbocycles. The number of ether oxygens (including phenoxy) is 1. The summed E-state index contributed by atoms with van der Waals surface area (Å²) in [4.78, 5) is 52.1. The van der Waals surface area contributed by atoms with E-state index in [1.54, 1.807) is 6.92 Å². The number of aryl methyl sites for hydroxylation is 1. The average Bonchev–Trinajstić information content (AvgIpc) is 2.70. The summed E-state index contributed by atoms with van der Waals surface area (Å²) in [6, 6.07) is 0. The van der Waals surface area contributed by atoms with Gasteiger partial charge in [0.1, 0.15) is 6.10 Å². The van der Waals surface area contributed by atoms with E-state index in [1.807, 2.05) is 4.98 Å². The molecule has 0 amide bonds. The third kappa shape index (κ3) is 4.71. The van der Waals surface area contributed by atoms with Crippen LogP contribution in [-0.4, -0.2) is 36.4 Å². The van der Waals surface area contributed by atoms with Gasteiger partial charge in [-0.05, 0) is 13.8 Å². The smallest absolute Gasteiger partial charge is 0.352 e. The number of phosphoric ester groups is 1. The zero-order valence-electron chi connectivity index (χ0n) is 12.6. The van der Waals surface area contributed by atoms with Crippen molar-refractivity contribution < 1.29 is 37.4 Å². The number of aromatic amines is 1. The van der Waals surface area contributed by atoms with E-state index in [0.29, 0.717) is 0 Å². The predicted molar refractivity (Wildman–Crippen MR) is 78.1 cm³/mol. The Kier molecular flexibility index (Phi) is 5.34. The van der Waals surface area contributed by atoms with Gasteiger partial charge in [-0.25, -0.2) is 13.9 Å². The topological polar surface area (TPSA) is 177 Å². The molecule has 1 aliphatic rings. The lowest BCUT2D eigenvalue weighted by Crippen LogP contribution is -2.36. The van der Waals surface area contributed by atoms with Crippen LogP contribution in [0.1, 0.15) is 25.1 Å². The maximum absolute atomic E-state index is 11.9. The molecule has 4 atom stereocenters. The Hall–Kier alpha value is -1.10. The van der Waals surface area contributed by atoms with Crippen LogP contribution in [0.25, 0.3) is 0 Å². The first-order valence-corrected chi connectivity index (χ1v) is 9.66. The van der Waals surface area contributed by atoms with Crippen molar-refractivity contribution in [3.63, 3.8) is 0 Å². The molecule has 0 aliphatic carbocycles. The number of nitrogens with zero attached hydrogens (tertiary/aromatic N) is 1. The number of phosphoric acid groups is 2. The van der Waals surface area contributed by atoms with Gasteiger partial charge in [0.05, 0.1) is 6.10 Å². The second kappa shape index (κ2) is 6.66. The molecule has 1 aliphatic heterocycles. The molecule has 0 aromatic carbocycles. The Morgan fingerprint density at radius 3 is 2.54 bits per heavy atom. The van der Waals surface area contributed by atoms with E-state index in [0.717, 1.165) is 4.57 Å². The van der Waals surface area contributed by atoms with Gasteiger partial charge in [-0.1, -0.05) is 0 Å². The third-order valence-electron chi connectivity index (χ3n) is 3.15. The highest BCUT2D eigenvalue weighted by Crippen LogP contribution is 2.59. The quantitative estimate of drug-likeness (QED) is 0.493. The maximum Gasteiger partial charge on any atom is 0.481 e. The van der Waals surface area contributed by atoms with Gasteiger partial charge in [0.25, 0.3) is 5.56 Å². The molecule has 0 radical (unpaired) electrons. The molecular formula is C10H16N2O10P2. The number of hydrogen-bond donors (Lipinski definition) is 4. The van der Waals surface area contributed by atoms with Crippen LogP contribution in [0.3, 0.4) is 0 Å². The molecule has 1 aromatic rings. The minimum Gasteiger partial charge on any atom is -0.352 e. The van der Waals surface area contributed by atoms with Gasteiger partial charge in [0, 0.05) is 18.2 Å². The van der Waals surface area contributed by atoms with E-state index in [9.17, 15) is 23.6 Å². The van der Waals surface area contributed by atoms with Crippen molar-refractivity contribution in [2.24, 2.45) is 0 Å². The molecule has 136 valence electrons. The van der Waals surface area contributed by atoms with Crippen LogP contribution in [-0.2, 0) is 22.7 Å². The highest BCUT2D eigenvalue weighted by Gasteiger charge is 2.43. The minimum atomic E-state index is -5.27. The summed E-state index contributed by atoms with van der Waals surface area (Å²) in [6.45, 7) is 3.04. The lowest BCUT2D eigenvalue weighted by atomic mass is 10.2. The van der Waals surface area contributed by atoms with Crippen LogP contribution < -0.4 is 11.2 Å². The van der Waals surface area contributed by atoms with Gasteiger partial charge >= 0.3 is 21.3 Å². The van der Waals surface area contributed by atoms with Crippen LogP contribution >= 0.6 is 15.6 Å². The zero-order chi connectivity index (χ0) is 18.3. The predicted octanol–water partition coefficient (Wildman–Crippen LogP) is -0.253. The van der Waals surface area contributed by atoms with Crippen molar-refractivity contribution >= 4 is 15.6 Å². The van der Waals surface area contributed by atoms with Gasteiger partial charge in [-0.3, -0.25) is 18.9 Å². The van der Waals surface area contributed by atoms with Crippen molar-refractivity contribution in [2.75, 3.05) is 0 Å². The second-order valence-electron chi connectivity index (χ2n) is 5.24. The van der Waals surface area contributed by atoms with Crippen LogP contribution in [0, 0.1) is 6.92 Å². The van der Waals surface area contributed by atoms with Gasteiger partial charge in [0.15, 0.2) is 6.23 Å². The summed E-state index contributed by atoms with van der Waals surface area (Å²) < 4.78 is 37.3. The van der Waals surface area contributed by atoms with Crippen LogP contribution in [0.5, 0.6) is 0 Å². The van der Waals surface area contributed by atoms with Crippen molar-refractivity contribution in [3.05, 3.63) is 32.6 Å². The minimum absolute atomic E-state index is 0.0460. The third-order valence-corrected chi connectivity index (χ3v) is 5.37. The van der Waals surface area contributed by atoms with E-state index < -0.39 is 45.3 Å². The lowest BCUT2D eigenvalue weighted by molar-refractivity contribution is -0.0341. The summed E-state index contributed by atoms with van der Waals surface area (Å²) in [5, 5.41) is 0. The van der Waals surface area contributed by atoms with E-state index >= 15 is 0 Å². The summed E-state index contributed by atoms with van der Waals surface area (Å²) in [7, 11) is -10.4. The fraction of sp³-hybridized carbons (Fsp3) is 0.600. The first kappa shape index (κ1) is 19.2. The largest absolute Gasteiger partial charge is 0.481 e. The first-order valence-electron chi connectivity index (χ1n) is 6.63. The highest BCUT2D eigenvalue weighted by atomic mass is 31.3. The first-order chi connectivity index (χ1) is 10.9. The number of aromatic nitrogens is 2. The SMILES string of the molecule is Cc1cn([C@@H]2O[C@H](C)CC2OP(=O)(O)OP(=O)(O)O)c(=O)[nH]c1=O. The van der Waals surface area contributed by atoms with E-state index in [1.165, 1.54) is 13.1 Å². The molecule has 1 aromatic heterocycles. The molecule has 12 nitrogen and oxygen atoms in total. The number of hydrogen-bond acceptors (Lipinski definition) is 7. The standard InChI is InChI=1S/C10H16N2O10P2/c1-5-4-12(10(14)11-8(5)13)9-7(3-6(2)20-9)21-24(18,19)22-23(15,16)17/h4,6-7,9H,3H2,1-2H3,(H,18,19)(H,11,13,14)(H2,15,16,17)/t6-,7?,9-/m1/s1. The molecule has 1 fully saturated rings.